The molecule has 1 aliphatic heterocycles. The topological polar surface area (TPSA) is 75.6 Å². The van der Waals surface area contributed by atoms with Gasteiger partial charge in [0.2, 0.25) is 5.91 Å². The Bertz CT molecular complexity index is 818. The van der Waals surface area contributed by atoms with Gasteiger partial charge >= 0.3 is 0 Å². The lowest BCUT2D eigenvalue weighted by molar-refractivity contribution is -0.139. The molecule has 2 amide bonds. The number of aromatic nitrogens is 2. The molecular weight excluding hydrogens is 363 g/mol. The number of carbonyl (C=O) groups excluding carboxylic acids is 2. The Hall–Kier alpha value is -2.87. The lowest BCUT2D eigenvalue weighted by Crippen LogP contribution is -2.52. The molecule has 1 aliphatic rings. The van der Waals surface area contributed by atoms with E-state index in [0.717, 1.165) is 12.0 Å². The number of ether oxygens (including phenoxy) is 1. The van der Waals surface area contributed by atoms with Crippen LogP contribution in [0.2, 0.25) is 0 Å². The van der Waals surface area contributed by atoms with Gasteiger partial charge in [0.25, 0.3) is 5.91 Å². The number of amides is 2. The van der Waals surface area contributed by atoms with E-state index in [-0.39, 0.29) is 24.2 Å². The highest BCUT2D eigenvalue weighted by atomic mass is 19.1. The molecule has 1 saturated heterocycles. The Balaban J connectivity index is 1.77. The first-order chi connectivity index (χ1) is 13.6. The first-order valence-corrected chi connectivity index (χ1v) is 9.17. The second kappa shape index (κ2) is 9.36. The minimum atomic E-state index is -0.641. The molecule has 7 nitrogen and oxygen atoms in total. The van der Waals surface area contributed by atoms with Crippen molar-refractivity contribution in [1.82, 2.24) is 19.8 Å². The Kier molecular flexibility index (Phi) is 6.65. The highest BCUT2D eigenvalue weighted by Crippen LogP contribution is 2.20. The molecule has 0 spiro atoms. The number of methoxy groups -OCH3 is 1. The van der Waals surface area contributed by atoms with Gasteiger partial charge < -0.3 is 14.5 Å². The van der Waals surface area contributed by atoms with E-state index >= 15 is 0 Å². The van der Waals surface area contributed by atoms with Crippen LogP contribution in [0.1, 0.15) is 28.9 Å². The van der Waals surface area contributed by atoms with Crippen molar-refractivity contribution in [2.24, 2.45) is 0 Å². The van der Waals surface area contributed by atoms with Gasteiger partial charge in [0.15, 0.2) is 11.5 Å². The van der Waals surface area contributed by atoms with Crippen LogP contribution in [-0.4, -0.2) is 64.4 Å². The SMILES string of the molecule is COCC(=O)N(Cc1cccnc1)C1CCCN(C(=O)c2ncccc2F)C1. The number of pyridine rings is 2. The molecule has 148 valence electrons. The van der Waals surface area contributed by atoms with E-state index in [1.807, 2.05) is 12.1 Å². The molecule has 0 aromatic carbocycles. The van der Waals surface area contributed by atoms with Crippen LogP contribution >= 0.6 is 0 Å². The van der Waals surface area contributed by atoms with E-state index in [4.69, 9.17) is 4.74 Å². The molecular formula is C20H23FN4O3. The van der Waals surface area contributed by atoms with Gasteiger partial charge in [-0.1, -0.05) is 6.07 Å². The molecule has 2 aromatic heterocycles. The summed E-state index contributed by atoms with van der Waals surface area (Å²) in [5.41, 5.74) is 0.705. The maximum absolute atomic E-state index is 14.0. The van der Waals surface area contributed by atoms with Gasteiger partial charge in [-0.05, 0) is 36.6 Å². The Morgan fingerprint density at radius 1 is 1.32 bits per heavy atom. The maximum atomic E-state index is 14.0. The van der Waals surface area contributed by atoms with Crippen LogP contribution in [0.4, 0.5) is 4.39 Å². The van der Waals surface area contributed by atoms with Crippen LogP contribution in [0.15, 0.2) is 42.9 Å². The van der Waals surface area contributed by atoms with Crippen molar-refractivity contribution in [2.45, 2.75) is 25.4 Å². The molecule has 28 heavy (non-hydrogen) atoms. The standard InChI is InChI=1S/C20H23FN4O3/c1-28-14-18(26)25(12-15-5-2-8-22-11-15)16-6-4-10-24(13-16)20(27)19-17(21)7-3-9-23-19/h2-3,5,7-9,11,16H,4,6,10,12-14H2,1H3. The third-order valence-electron chi connectivity index (χ3n) is 4.75. The van der Waals surface area contributed by atoms with Crippen LogP contribution < -0.4 is 0 Å². The fourth-order valence-corrected chi connectivity index (χ4v) is 3.40. The second-order valence-electron chi connectivity index (χ2n) is 6.70. The first-order valence-electron chi connectivity index (χ1n) is 9.17. The Morgan fingerprint density at radius 3 is 2.86 bits per heavy atom. The van der Waals surface area contributed by atoms with Crippen molar-refractivity contribution in [3.05, 3.63) is 59.9 Å². The number of carbonyl (C=O) groups is 2. The molecule has 3 heterocycles. The van der Waals surface area contributed by atoms with Crippen LogP contribution in [-0.2, 0) is 16.1 Å². The zero-order chi connectivity index (χ0) is 19.9. The molecule has 2 aromatic rings. The molecule has 0 saturated carbocycles. The summed E-state index contributed by atoms with van der Waals surface area (Å²) < 4.78 is 19.0. The first kappa shape index (κ1) is 19.9. The summed E-state index contributed by atoms with van der Waals surface area (Å²) in [6, 6.07) is 6.19. The van der Waals surface area contributed by atoms with E-state index in [1.165, 1.54) is 25.4 Å². The van der Waals surface area contributed by atoms with Gasteiger partial charge in [-0.3, -0.25) is 14.6 Å². The van der Waals surface area contributed by atoms with E-state index in [9.17, 15) is 14.0 Å². The number of rotatable bonds is 6. The average molecular weight is 386 g/mol. The van der Waals surface area contributed by atoms with Crippen molar-refractivity contribution in [3.8, 4) is 0 Å². The van der Waals surface area contributed by atoms with Crippen LogP contribution in [0.25, 0.3) is 0 Å². The fourth-order valence-electron chi connectivity index (χ4n) is 3.40. The fraction of sp³-hybridized carbons (Fsp3) is 0.400. The molecule has 8 heteroatoms. The molecule has 3 rings (SSSR count). The summed E-state index contributed by atoms with van der Waals surface area (Å²) >= 11 is 0. The molecule has 1 unspecified atom stereocenters. The van der Waals surface area contributed by atoms with Crippen molar-refractivity contribution in [1.29, 1.82) is 0 Å². The van der Waals surface area contributed by atoms with E-state index in [2.05, 4.69) is 9.97 Å². The van der Waals surface area contributed by atoms with Gasteiger partial charge in [-0.15, -0.1) is 0 Å². The molecule has 0 aliphatic carbocycles. The third kappa shape index (κ3) is 4.69. The monoisotopic (exact) mass is 386 g/mol. The van der Waals surface area contributed by atoms with Gasteiger partial charge in [-0.2, -0.15) is 0 Å². The minimum Gasteiger partial charge on any atom is -0.375 e. The van der Waals surface area contributed by atoms with E-state index in [0.29, 0.717) is 26.1 Å². The lowest BCUT2D eigenvalue weighted by Gasteiger charge is -2.39. The van der Waals surface area contributed by atoms with Crippen LogP contribution in [0.3, 0.4) is 0 Å². The highest BCUT2D eigenvalue weighted by Gasteiger charge is 2.32. The van der Waals surface area contributed by atoms with Crippen molar-refractivity contribution < 1.29 is 18.7 Å². The Morgan fingerprint density at radius 2 is 2.14 bits per heavy atom. The third-order valence-corrected chi connectivity index (χ3v) is 4.75. The summed E-state index contributed by atoms with van der Waals surface area (Å²) in [5, 5.41) is 0. The summed E-state index contributed by atoms with van der Waals surface area (Å²) in [4.78, 5) is 36.6. The number of nitrogens with zero attached hydrogens (tertiary/aromatic N) is 4. The predicted molar refractivity (Wildman–Crippen MR) is 99.8 cm³/mol. The van der Waals surface area contributed by atoms with Crippen molar-refractivity contribution in [3.63, 3.8) is 0 Å². The zero-order valence-electron chi connectivity index (χ0n) is 15.8. The highest BCUT2D eigenvalue weighted by molar-refractivity contribution is 5.92. The van der Waals surface area contributed by atoms with E-state index in [1.54, 1.807) is 22.2 Å². The van der Waals surface area contributed by atoms with Gasteiger partial charge in [0.1, 0.15) is 6.61 Å². The molecule has 0 N–H and O–H groups in total. The number of likely N-dealkylation sites (tertiary alicyclic amines) is 1. The normalized spacial score (nSPS) is 16.6. The molecule has 0 radical (unpaired) electrons. The largest absolute Gasteiger partial charge is 0.375 e. The number of hydrogen-bond acceptors (Lipinski definition) is 5. The van der Waals surface area contributed by atoms with Gasteiger partial charge in [0.05, 0.1) is 0 Å². The van der Waals surface area contributed by atoms with Gasteiger partial charge in [0, 0.05) is 51.4 Å². The van der Waals surface area contributed by atoms with Crippen LogP contribution in [0.5, 0.6) is 0 Å². The van der Waals surface area contributed by atoms with Gasteiger partial charge in [-0.25, -0.2) is 9.37 Å². The number of halogens is 1. The number of piperidine rings is 1. The zero-order valence-corrected chi connectivity index (χ0v) is 15.8. The lowest BCUT2D eigenvalue weighted by atomic mass is 10.0. The molecule has 1 atom stereocenters. The second-order valence-corrected chi connectivity index (χ2v) is 6.70. The van der Waals surface area contributed by atoms with Crippen molar-refractivity contribution in [2.75, 3.05) is 26.8 Å². The molecule has 0 bridgehead atoms. The maximum Gasteiger partial charge on any atom is 0.275 e. The molecule has 1 fully saturated rings. The summed E-state index contributed by atoms with van der Waals surface area (Å²) in [6.45, 7) is 1.16. The summed E-state index contributed by atoms with van der Waals surface area (Å²) in [7, 11) is 1.47. The summed E-state index contributed by atoms with van der Waals surface area (Å²) in [6.07, 6.45) is 6.25. The number of hydrogen-bond donors (Lipinski definition) is 0. The minimum absolute atomic E-state index is 0.0421. The smallest absolute Gasteiger partial charge is 0.275 e. The average Bonchev–Trinajstić information content (AvgIpc) is 2.73. The van der Waals surface area contributed by atoms with E-state index < -0.39 is 11.7 Å². The predicted octanol–water partition coefficient (Wildman–Crippen LogP) is 1.90. The summed E-state index contributed by atoms with van der Waals surface area (Å²) in [5.74, 6) is -1.25. The quantitative estimate of drug-likeness (QED) is 0.758. The van der Waals surface area contributed by atoms with Crippen LogP contribution in [0, 0.1) is 5.82 Å². The Labute approximate surface area is 163 Å². The van der Waals surface area contributed by atoms with Crippen molar-refractivity contribution >= 4 is 11.8 Å².